The molecule has 2 N–H and O–H groups in total. The lowest BCUT2D eigenvalue weighted by atomic mass is 10.1. The van der Waals surface area contributed by atoms with Crippen LogP contribution in [0.25, 0.3) is 0 Å². The van der Waals surface area contributed by atoms with E-state index < -0.39 is 0 Å². The first kappa shape index (κ1) is 14.1. The summed E-state index contributed by atoms with van der Waals surface area (Å²) in [6.45, 7) is 3.30. The molecule has 5 nitrogen and oxygen atoms in total. The molecule has 0 atom stereocenters. The quantitative estimate of drug-likeness (QED) is 0.862. The summed E-state index contributed by atoms with van der Waals surface area (Å²) < 4.78 is 0. The molecule has 0 aliphatic carbocycles. The van der Waals surface area contributed by atoms with Gasteiger partial charge >= 0.3 is 0 Å². The van der Waals surface area contributed by atoms with Crippen LogP contribution in [0.3, 0.4) is 0 Å². The van der Waals surface area contributed by atoms with Crippen molar-refractivity contribution in [2.24, 2.45) is 0 Å². The second kappa shape index (κ2) is 6.77. The standard InChI is InChI=1S/C15H18N4O/c1-11-18-8-7-14(19-11)10-17-9-12-3-5-13(6-4-12)15(20)16-2/h3-8,17H,9-10H2,1-2H3,(H,16,20). The zero-order valence-electron chi connectivity index (χ0n) is 11.7. The average molecular weight is 270 g/mol. The van der Waals surface area contributed by atoms with Crippen LogP contribution < -0.4 is 10.6 Å². The first-order valence-corrected chi connectivity index (χ1v) is 6.49. The largest absolute Gasteiger partial charge is 0.355 e. The van der Waals surface area contributed by atoms with Gasteiger partial charge in [-0.05, 0) is 30.7 Å². The first-order chi connectivity index (χ1) is 9.69. The lowest BCUT2D eigenvalue weighted by molar-refractivity contribution is 0.0963. The second-order valence-corrected chi connectivity index (χ2v) is 4.47. The molecule has 0 bridgehead atoms. The number of aryl methyl sites for hydroxylation is 1. The zero-order valence-corrected chi connectivity index (χ0v) is 11.7. The third-order valence-electron chi connectivity index (χ3n) is 2.91. The smallest absolute Gasteiger partial charge is 0.251 e. The van der Waals surface area contributed by atoms with Crippen LogP contribution in [0.4, 0.5) is 0 Å². The van der Waals surface area contributed by atoms with Crippen LogP contribution in [-0.4, -0.2) is 22.9 Å². The lowest BCUT2D eigenvalue weighted by Crippen LogP contribution is -2.18. The number of nitrogens with one attached hydrogen (secondary N) is 2. The minimum Gasteiger partial charge on any atom is -0.355 e. The molecule has 1 amide bonds. The normalized spacial score (nSPS) is 10.3. The van der Waals surface area contributed by atoms with E-state index in [1.807, 2.05) is 37.3 Å². The summed E-state index contributed by atoms with van der Waals surface area (Å²) >= 11 is 0. The Labute approximate surface area is 118 Å². The number of amides is 1. The van der Waals surface area contributed by atoms with E-state index in [0.29, 0.717) is 12.1 Å². The molecule has 2 rings (SSSR count). The van der Waals surface area contributed by atoms with Crippen LogP contribution in [-0.2, 0) is 13.1 Å². The highest BCUT2D eigenvalue weighted by atomic mass is 16.1. The van der Waals surface area contributed by atoms with E-state index in [1.54, 1.807) is 13.2 Å². The van der Waals surface area contributed by atoms with E-state index in [2.05, 4.69) is 20.6 Å². The van der Waals surface area contributed by atoms with Crippen molar-refractivity contribution in [2.75, 3.05) is 7.05 Å². The van der Waals surface area contributed by atoms with Crippen molar-refractivity contribution in [3.05, 3.63) is 59.2 Å². The van der Waals surface area contributed by atoms with Gasteiger partial charge in [-0.3, -0.25) is 4.79 Å². The van der Waals surface area contributed by atoms with Crippen molar-refractivity contribution in [1.29, 1.82) is 0 Å². The summed E-state index contributed by atoms with van der Waals surface area (Å²) in [5.41, 5.74) is 2.77. The fourth-order valence-electron chi connectivity index (χ4n) is 1.86. The molecule has 0 aliphatic heterocycles. The second-order valence-electron chi connectivity index (χ2n) is 4.47. The summed E-state index contributed by atoms with van der Waals surface area (Å²) in [7, 11) is 1.63. The molecule has 1 heterocycles. The maximum absolute atomic E-state index is 11.4. The van der Waals surface area contributed by atoms with Gasteiger partial charge in [0, 0.05) is 31.9 Å². The van der Waals surface area contributed by atoms with Gasteiger partial charge in [0.05, 0.1) is 5.69 Å². The average Bonchev–Trinajstić information content (AvgIpc) is 2.47. The van der Waals surface area contributed by atoms with Crippen molar-refractivity contribution in [1.82, 2.24) is 20.6 Å². The first-order valence-electron chi connectivity index (χ1n) is 6.49. The number of benzene rings is 1. The van der Waals surface area contributed by atoms with Gasteiger partial charge in [0.2, 0.25) is 0 Å². The maximum Gasteiger partial charge on any atom is 0.251 e. The Balaban J connectivity index is 1.86. The summed E-state index contributed by atoms with van der Waals surface area (Å²) in [5, 5.41) is 5.92. The van der Waals surface area contributed by atoms with E-state index in [-0.39, 0.29) is 5.91 Å². The van der Waals surface area contributed by atoms with Gasteiger partial charge in [0.1, 0.15) is 5.82 Å². The molecule has 0 saturated heterocycles. The van der Waals surface area contributed by atoms with Crippen molar-refractivity contribution in [3.63, 3.8) is 0 Å². The highest BCUT2D eigenvalue weighted by Gasteiger charge is 2.02. The van der Waals surface area contributed by atoms with Crippen LogP contribution in [0.1, 0.15) is 27.4 Å². The van der Waals surface area contributed by atoms with Crippen molar-refractivity contribution < 1.29 is 4.79 Å². The summed E-state index contributed by atoms with van der Waals surface area (Å²) in [6.07, 6.45) is 1.76. The van der Waals surface area contributed by atoms with Gasteiger partial charge in [0.15, 0.2) is 0 Å². The molecule has 0 radical (unpaired) electrons. The van der Waals surface area contributed by atoms with Gasteiger partial charge < -0.3 is 10.6 Å². The number of rotatable bonds is 5. The van der Waals surface area contributed by atoms with E-state index in [4.69, 9.17) is 0 Å². The van der Waals surface area contributed by atoms with E-state index in [9.17, 15) is 4.79 Å². The van der Waals surface area contributed by atoms with Gasteiger partial charge in [-0.1, -0.05) is 12.1 Å². The molecule has 1 aromatic heterocycles. The number of aromatic nitrogens is 2. The van der Waals surface area contributed by atoms with Crippen LogP contribution in [0.5, 0.6) is 0 Å². The zero-order chi connectivity index (χ0) is 14.4. The Hall–Kier alpha value is -2.27. The fourth-order valence-corrected chi connectivity index (χ4v) is 1.86. The Morgan fingerprint density at radius 3 is 2.55 bits per heavy atom. The molecule has 0 spiro atoms. The number of nitrogens with zero attached hydrogens (tertiary/aromatic N) is 2. The highest BCUT2D eigenvalue weighted by molar-refractivity contribution is 5.93. The Morgan fingerprint density at radius 2 is 1.90 bits per heavy atom. The number of carbonyl (C=O) groups is 1. The molecule has 5 heteroatoms. The lowest BCUT2D eigenvalue weighted by Gasteiger charge is -2.06. The molecule has 0 unspecified atom stereocenters. The third kappa shape index (κ3) is 3.86. The number of hydrogen-bond acceptors (Lipinski definition) is 4. The molecule has 20 heavy (non-hydrogen) atoms. The van der Waals surface area contributed by atoms with Crippen LogP contribution in [0.2, 0.25) is 0 Å². The molecular formula is C15H18N4O. The van der Waals surface area contributed by atoms with Crippen LogP contribution in [0, 0.1) is 6.92 Å². The third-order valence-corrected chi connectivity index (χ3v) is 2.91. The monoisotopic (exact) mass is 270 g/mol. The topological polar surface area (TPSA) is 66.9 Å². The van der Waals surface area contributed by atoms with Crippen molar-refractivity contribution in [2.45, 2.75) is 20.0 Å². The van der Waals surface area contributed by atoms with E-state index in [0.717, 1.165) is 23.6 Å². The molecule has 104 valence electrons. The van der Waals surface area contributed by atoms with Gasteiger partial charge in [-0.2, -0.15) is 0 Å². The maximum atomic E-state index is 11.4. The molecule has 0 fully saturated rings. The van der Waals surface area contributed by atoms with Crippen molar-refractivity contribution >= 4 is 5.91 Å². The van der Waals surface area contributed by atoms with Crippen LogP contribution >= 0.6 is 0 Å². The summed E-state index contributed by atoms with van der Waals surface area (Å²) in [6, 6.07) is 9.44. The van der Waals surface area contributed by atoms with E-state index >= 15 is 0 Å². The number of hydrogen-bond donors (Lipinski definition) is 2. The molecule has 1 aromatic carbocycles. The minimum absolute atomic E-state index is 0.0685. The number of carbonyl (C=O) groups excluding carboxylic acids is 1. The Bertz CT molecular complexity index is 581. The Kier molecular flexibility index (Phi) is 4.79. The predicted octanol–water partition coefficient (Wildman–Crippen LogP) is 1.43. The van der Waals surface area contributed by atoms with Gasteiger partial charge in [-0.25, -0.2) is 9.97 Å². The Morgan fingerprint density at radius 1 is 1.15 bits per heavy atom. The van der Waals surface area contributed by atoms with Gasteiger partial charge in [-0.15, -0.1) is 0 Å². The molecule has 2 aromatic rings. The molecule has 0 saturated carbocycles. The SMILES string of the molecule is CNC(=O)c1ccc(CNCc2ccnc(C)n2)cc1. The summed E-state index contributed by atoms with van der Waals surface area (Å²) in [5.74, 6) is 0.709. The molecule has 0 aliphatic rings. The van der Waals surface area contributed by atoms with Crippen LogP contribution in [0.15, 0.2) is 36.5 Å². The molecular weight excluding hydrogens is 252 g/mol. The fraction of sp³-hybridized carbons (Fsp3) is 0.267. The summed E-state index contributed by atoms with van der Waals surface area (Å²) in [4.78, 5) is 19.8. The predicted molar refractivity (Wildman–Crippen MR) is 77.1 cm³/mol. The van der Waals surface area contributed by atoms with E-state index in [1.165, 1.54) is 0 Å². The van der Waals surface area contributed by atoms with Gasteiger partial charge in [0.25, 0.3) is 5.91 Å². The minimum atomic E-state index is -0.0685. The highest BCUT2D eigenvalue weighted by Crippen LogP contribution is 2.04. The van der Waals surface area contributed by atoms with Crippen molar-refractivity contribution in [3.8, 4) is 0 Å².